The van der Waals surface area contributed by atoms with Gasteiger partial charge in [-0.05, 0) is 39.5 Å². The van der Waals surface area contributed by atoms with E-state index >= 15 is 0 Å². The smallest absolute Gasteiger partial charge is 0.281 e. The number of hydrogen-bond acceptors (Lipinski definition) is 3. The molecule has 6 heteroatoms. The molecule has 0 aromatic rings. The van der Waals surface area contributed by atoms with Gasteiger partial charge in [0, 0.05) is 38.3 Å². The Morgan fingerprint density at radius 1 is 1.11 bits per heavy atom. The van der Waals surface area contributed by atoms with Crippen molar-refractivity contribution in [1.29, 1.82) is 0 Å². The molecule has 0 amide bonds. The molecule has 2 aliphatic heterocycles. The summed E-state index contributed by atoms with van der Waals surface area (Å²) in [7, 11) is 0.0667. The molecule has 2 atom stereocenters. The van der Waals surface area contributed by atoms with Gasteiger partial charge in [0.2, 0.25) is 0 Å². The molecule has 0 aliphatic carbocycles. The van der Waals surface area contributed by atoms with Crippen LogP contribution in [0.4, 0.5) is 0 Å². The minimum atomic E-state index is -3.32. The molecule has 106 valence electrons. The van der Waals surface area contributed by atoms with Crippen LogP contribution in [0.25, 0.3) is 0 Å². The molecule has 2 heterocycles. The Balaban J connectivity index is 2.09. The summed E-state index contributed by atoms with van der Waals surface area (Å²) in [6.45, 7) is 3.80. The summed E-state index contributed by atoms with van der Waals surface area (Å²) in [4.78, 5) is 0. The molecule has 2 bridgehead atoms. The lowest BCUT2D eigenvalue weighted by atomic mass is 10.0. The Morgan fingerprint density at radius 3 is 2.06 bits per heavy atom. The predicted octanol–water partition coefficient (Wildman–Crippen LogP) is 0.786. The van der Waals surface area contributed by atoms with E-state index in [9.17, 15) is 8.42 Å². The standard InChI is InChI=1S/C12H25N3O2S/c1-9(2)14(3)18(16,17)15(4)12-7-10-5-6-11(8-12)13-10/h9-13H,5-8H2,1-4H3. The first-order chi connectivity index (χ1) is 8.32. The highest BCUT2D eigenvalue weighted by Crippen LogP contribution is 2.30. The van der Waals surface area contributed by atoms with Gasteiger partial charge in [0.25, 0.3) is 10.2 Å². The van der Waals surface area contributed by atoms with Gasteiger partial charge in [-0.1, -0.05) is 0 Å². The first-order valence-electron chi connectivity index (χ1n) is 6.79. The highest BCUT2D eigenvalue weighted by atomic mass is 32.2. The average molecular weight is 275 g/mol. The zero-order valence-corrected chi connectivity index (χ0v) is 12.6. The molecule has 0 aromatic heterocycles. The molecule has 2 aliphatic rings. The molecule has 18 heavy (non-hydrogen) atoms. The third kappa shape index (κ3) is 2.57. The number of nitrogens with one attached hydrogen (secondary N) is 1. The van der Waals surface area contributed by atoms with Crippen LogP contribution in [-0.4, -0.2) is 55.3 Å². The molecular weight excluding hydrogens is 250 g/mol. The van der Waals surface area contributed by atoms with Crippen molar-refractivity contribution in [1.82, 2.24) is 13.9 Å². The molecule has 0 aromatic carbocycles. The van der Waals surface area contributed by atoms with E-state index in [1.54, 1.807) is 18.4 Å². The summed E-state index contributed by atoms with van der Waals surface area (Å²) in [6, 6.07) is 1.16. The molecule has 2 unspecified atom stereocenters. The third-order valence-corrected chi connectivity index (χ3v) is 6.59. The Kier molecular flexibility index (Phi) is 4.02. The second kappa shape index (κ2) is 5.07. The number of nitrogens with zero attached hydrogens (tertiary/aromatic N) is 2. The maximum Gasteiger partial charge on any atom is 0.281 e. The fraction of sp³-hybridized carbons (Fsp3) is 1.00. The van der Waals surface area contributed by atoms with E-state index in [-0.39, 0.29) is 12.1 Å². The second-order valence-electron chi connectivity index (χ2n) is 5.90. The van der Waals surface area contributed by atoms with Gasteiger partial charge < -0.3 is 5.32 Å². The largest absolute Gasteiger partial charge is 0.311 e. The van der Waals surface area contributed by atoms with Crippen LogP contribution in [0.5, 0.6) is 0 Å². The average Bonchev–Trinajstić information content (AvgIpc) is 2.66. The maximum absolute atomic E-state index is 12.4. The van der Waals surface area contributed by atoms with Crippen LogP contribution in [-0.2, 0) is 10.2 Å². The number of fused-ring (bicyclic) bond motifs is 2. The minimum Gasteiger partial charge on any atom is -0.311 e. The number of hydrogen-bond donors (Lipinski definition) is 1. The molecule has 0 saturated carbocycles. The van der Waals surface area contributed by atoms with E-state index in [4.69, 9.17) is 0 Å². The lowest BCUT2D eigenvalue weighted by molar-refractivity contribution is 0.236. The second-order valence-corrected chi connectivity index (χ2v) is 7.94. The van der Waals surface area contributed by atoms with Crippen molar-refractivity contribution >= 4 is 10.2 Å². The van der Waals surface area contributed by atoms with Crippen LogP contribution in [0.3, 0.4) is 0 Å². The number of rotatable bonds is 4. The van der Waals surface area contributed by atoms with Gasteiger partial charge in [-0.25, -0.2) is 0 Å². The van der Waals surface area contributed by atoms with Crippen LogP contribution in [0.2, 0.25) is 0 Å². The van der Waals surface area contributed by atoms with Crippen LogP contribution in [0.1, 0.15) is 39.5 Å². The van der Waals surface area contributed by atoms with Crippen molar-refractivity contribution in [2.75, 3.05) is 14.1 Å². The summed E-state index contributed by atoms with van der Waals surface area (Å²) < 4.78 is 27.9. The van der Waals surface area contributed by atoms with Gasteiger partial charge in [0.1, 0.15) is 0 Å². The van der Waals surface area contributed by atoms with Gasteiger partial charge in [-0.2, -0.15) is 17.0 Å². The summed E-state index contributed by atoms with van der Waals surface area (Å²) >= 11 is 0. The van der Waals surface area contributed by atoms with Gasteiger partial charge in [-0.15, -0.1) is 0 Å². The van der Waals surface area contributed by atoms with E-state index in [2.05, 4.69) is 5.32 Å². The SMILES string of the molecule is CC(C)N(C)S(=O)(=O)N(C)C1CC2CCC(C1)N2. The van der Waals surface area contributed by atoms with Crippen LogP contribution in [0, 0.1) is 0 Å². The molecule has 2 rings (SSSR count). The highest BCUT2D eigenvalue weighted by Gasteiger charge is 2.39. The van der Waals surface area contributed by atoms with Crippen molar-refractivity contribution in [2.24, 2.45) is 0 Å². The van der Waals surface area contributed by atoms with Crippen molar-refractivity contribution in [3.8, 4) is 0 Å². The monoisotopic (exact) mass is 275 g/mol. The Hall–Kier alpha value is -0.170. The number of piperidine rings is 1. The van der Waals surface area contributed by atoms with Crippen molar-refractivity contribution in [3.63, 3.8) is 0 Å². The molecule has 5 nitrogen and oxygen atoms in total. The molecule has 1 N–H and O–H groups in total. The molecular formula is C12H25N3O2S. The summed E-state index contributed by atoms with van der Waals surface area (Å²) in [5, 5.41) is 3.54. The van der Waals surface area contributed by atoms with Gasteiger partial charge in [-0.3, -0.25) is 0 Å². The van der Waals surface area contributed by atoms with Crippen molar-refractivity contribution in [2.45, 2.75) is 63.7 Å². The Morgan fingerprint density at radius 2 is 1.61 bits per heavy atom. The molecule has 0 spiro atoms. The van der Waals surface area contributed by atoms with Crippen molar-refractivity contribution in [3.05, 3.63) is 0 Å². The fourth-order valence-electron chi connectivity index (χ4n) is 2.98. The van der Waals surface area contributed by atoms with E-state index < -0.39 is 10.2 Å². The summed E-state index contributed by atoms with van der Waals surface area (Å²) in [5.41, 5.74) is 0. The van der Waals surface area contributed by atoms with Gasteiger partial charge >= 0.3 is 0 Å². The molecule has 2 fully saturated rings. The highest BCUT2D eigenvalue weighted by molar-refractivity contribution is 7.86. The normalized spacial score (nSPS) is 32.7. The third-order valence-electron chi connectivity index (χ3n) is 4.42. The van der Waals surface area contributed by atoms with Crippen molar-refractivity contribution < 1.29 is 8.42 Å². The van der Waals surface area contributed by atoms with Crippen LogP contribution in [0.15, 0.2) is 0 Å². The first-order valence-corrected chi connectivity index (χ1v) is 8.19. The molecule has 0 radical (unpaired) electrons. The van der Waals surface area contributed by atoms with Crippen LogP contribution < -0.4 is 5.32 Å². The fourth-order valence-corrected chi connectivity index (χ4v) is 4.47. The Labute approximate surface area is 111 Å². The van der Waals surface area contributed by atoms with Gasteiger partial charge in [0.15, 0.2) is 0 Å². The molecule has 2 saturated heterocycles. The van der Waals surface area contributed by atoms with Crippen LogP contribution >= 0.6 is 0 Å². The topological polar surface area (TPSA) is 52.7 Å². The van der Waals surface area contributed by atoms with Gasteiger partial charge in [0.05, 0.1) is 0 Å². The predicted molar refractivity (Wildman–Crippen MR) is 72.5 cm³/mol. The van der Waals surface area contributed by atoms with E-state index in [0.717, 1.165) is 12.8 Å². The van der Waals surface area contributed by atoms with E-state index in [1.165, 1.54) is 17.1 Å². The van der Waals surface area contributed by atoms with E-state index in [1.807, 2.05) is 13.8 Å². The lowest BCUT2D eigenvalue weighted by Gasteiger charge is -2.37. The minimum absolute atomic E-state index is 0.00381. The van der Waals surface area contributed by atoms with E-state index in [0.29, 0.717) is 12.1 Å². The zero-order valence-electron chi connectivity index (χ0n) is 11.8. The first kappa shape index (κ1) is 14.2. The zero-order chi connectivity index (χ0) is 13.5. The quantitative estimate of drug-likeness (QED) is 0.825. The summed E-state index contributed by atoms with van der Waals surface area (Å²) in [5.74, 6) is 0. The lowest BCUT2D eigenvalue weighted by Crippen LogP contribution is -2.52. The Bertz CT molecular complexity index is 384. The summed E-state index contributed by atoms with van der Waals surface area (Å²) in [6.07, 6.45) is 4.26. The maximum atomic E-state index is 12.4.